The van der Waals surface area contributed by atoms with Crippen LogP contribution in [-0.2, 0) is 17.9 Å². The highest BCUT2D eigenvalue weighted by Gasteiger charge is 2.34. The zero-order valence-electron chi connectivity index (χ0n) is 36.9. The monoisotopic (exact) mass is 966 g/mol. The van der Waals surface area contributed by atoms with Gasteiger partial charge in [0.05, 0.1) is 23.2 Å². The zero-order valence-corrected chi connectivity index (χ0v) is 40.0. The van der Waals surface area contributed by atoms with Gasteiger partial charge in [-0.2, -0.15) is 0 Å². The molecule has 65 heavy (non-hydrogen) atoms. The number of ketones is 1. The molecule has 0 radical (unpaired) electrons. The maximum Gasteiger partial charge on any atom is 0.206 e. The Bertz CT molecular complexity index is 2310. The van der Waals surface area contributed by atoms with E-state index >= 15 is 0 Å². The predicted octanol–water partition coefficient (Wildman–Crippen LogP) is 10.8. The minimum absolute atomic E-state index is 0.224. The van der Waals surface area contributed by atoms with Crippen molar-refractivity contribution in [3.8, 4) is 0 Å². The summed E-state index contributed by atoms with van der Waals surface area (Å²) in [7, 11) is 0. The molecular weight excluding hydrogens is 912 g/mol. The number of nitrogens with one attached hydrogen (secondary N) is 1. The highest BCUT2D eigenvalue weighted by atomic mass is 35.5. The number of pyridine rings is 2. The first-order valence-corrected chi connectivity index (χ1v) is 23.8. The number of rotatable bonds is 9. The Morgan fingerprint density at radius 1 is 0.692 bits per heavy atom. The van der Waals surface area contributed by atoms with Crippen LogP contribution in [0.1, 0.15) is 63.5 Å². The topological polar surface area (TPSA) is 79.8 Å². The van der Waals surface area contributed by atoms with Crippen molar-refractivity contribution in [2.24, 2.45) is 0 Å². The Morgan fingerprint density at radius 3 is 1.69 bits per heavy atom. The first-order valence-electron chi connectivity index (χ1n) is 22.3. The fraction of sp³-hybridized carbons (Fsp3) is 0.479. The lowest BCUT2D eigenvalue weighted by Gasteiger charge is -2.47. The Balaban J connectivity index is 0.000000178. The van der Waals surface area contributed by atoms with E-state index in [0.717, 1.165) is 103 Å². The fourth-order valence-electron chi connectivity index (χ4n) is 8.78. The summed E-state index contributed by atoms with van der Waals surface area (Å²) in [5.74, 6) is 1.37. The van der Waals surface area contributed by atoms with E-state index in [9.17, 15) is 13.6 Å². The molecule has 0 spiro atoms. The number of likely N-dealkylation sites (tertiary alicyclic amines) is 2. The molecule has 0 aliphatic carbocycles. The number of carbonyl (C=O) groups excluding carboxylic acids is 1. The molecule has 1 N–H and O–H groups in total. The molecule has 4 fully saturated rings. The molecule has 0 bridgehead atoms. The smallest absolute Gasteiger partial charge is 0.206 e. The summed E-state index contributed by atoms with van der Waals surface area (Å²) in [5, 5.41) is 5.41. The second-order valence-corrected chi connectivity index (χ2v) is 18.5. The standard InChI is InChI=1S/C24H28Cl2FN5.C12H13ClFNO.C12H15ClN4/c1-3-20-16-31(24-22(26)13-19(28-2)14-29-24)10-11-32(20)21-6-8-30(9-7-21)15-17-4-5-18(25)12-23(17)27;13-10-2-1-9(12(14)7-10)8-15-5-3-11(16)4-6-15;1-3-9-8-17(5-4-15-9)12-11(13)6-10(14-2)7-16-12/h4-5,12-14,20-21H,3,6-11,15-16H2,1H3;1-2,7H,3-6,8H2;6-7,9,15H,3-5,8H2,1H3/t20-;;9-/m0.0/s1. The second kappa shape index (κ2) is 24.6. The molecule has 11 nitrogen and oxygen atoms in total. The number of carbonyl (C=O) groups is 1. The van der Waals surface area contributed by atoms with Gasteiger partial charge >= 0.3 is 0 Å². The molecule has 0 amide bonds. The van der Waals surface area contributed by atoms with E-state index in [2.05, 4.69) is 63.3 Å². The molecule has 4 aromatic rings. The molecule has 2 atom stereocenters. The molecule has 8 rings (SSSR count). The summed E-state index contributed by atoms with van der Waals surface area (Å²) in [6.45, 7) is 28.5. The number of benzene rings is 2. The van der Waals surface area contributed by atoms with E-state index in [1.807, 2.05) is 0 Å². The predicted molar refractivity (Wildman–Crippen MR) is 259 cm³/mol. The summed E-state index contributed by atoms with van der Waals surface area (Å²) >= 11 is 24.1. The van der Waals surface area contributed by atoms with E-state index in [-0.39, 0.29) is 11.6 Å². The number of anilines is 2. The third kappa shape index (κ3) is 14.2. The summed E-state index contributed by atoms with van der Waals surface area (Å²) in [6.07, 6.45) is 8.66. The maximum atomic E-state index is 14.2. The number of hydrogen-bond acceptors (Lipinski definition) is 9. The summed E-state index contributed by atoms with van der Waals surface area (Å²) < 4.78 is 27.7. The van der Waals surface area contributed by atoms with Crippen LogP contribution >= 0.6 is 46.4 Å². The lowest BCUT2D eigenvalue weighted by Crippen LogP contribution is -2.58. The molecule has 346 valence electrons. The van der Waals surface area contributed by atoms with Crippen LogP contribution in [0.3, 0.4) is 0 Å². The van der Waals surface area contributed by atoms with Gasteiger partial charge in [-0.15, -0.1) is 0 Å². The quantitative estimate of drug-likeness (QED) is 0.165. The van der Waals surface area contributed by atoms with Crippen molar-refractivity contribution in [1.82, 2.24) is 30.0 Å². The van der Waals surface area contributed by atoms with Gasteiger partial charge < -0.3 is 15.1 Å². The molecule has 4 aliphatic heterocycles. The molecule has 0 unspecified atom stereocenters. The fourth-order valence-corrected chi connectivity index (χ4v) is 9.66. The summed E-state index contributed by atoms with van der Waals surface area (Å²) in [6, 6.07) is 14.5. The van der Waals surface area contributed by atoms with Crippen LogP contribution in [0, 0.1) is 24.8 Å². The minimum Gasteiger partial charge on any atom is -0.353 e. The second-order valence-electron chi connectivity index (χ2n) is 16.8. The van der Waals surface area contributed by atoms with Gasteiger partial charge in [0.1, 0.15) is 29.1 Å². The highest BCUT2D eigenvalue weighted by molar-refractivity contribution is 6.33. The normalized spacial score (nSPS) is 19.9. The van der Waals surface area contributed by atoms with Crippen molar-refractivity contribution >= 4 is 75.2 Å². The number of piperidine rings is 2. The van der Waals surface area contributed by atoms with Crippen molar-refractivity contribution in [3.63, 3.8) is 0 Å². The first-order chi connectivity index (χ1) is 31.4. The van der Waals surface area contributed by atoms with Crippen LogP contribution < -0.4 is 15.1 Å². The van der Waals surface area contributed by atoms with Gasteiger partial charge in [-0.1, -0.05) is 72.4 Å². The van der Waals surface area contributed by atoms with E-state index in [0.29, 0.717) is 92.4 Å². The van der Waals surface area contributed by atoms with Crippen LogP contribution in [0.15, 0.2) is 60.9 Å². The summed E-state index contributed by atoms with van der Waals surface area (Å²) in [5.41, 5.74) is 2.30. The lowest BCUT2D eigenvalue weighted by molar-refractivity contribution is -0.121. The number of halogens is 6. The van der Waals surface area contributed by atoms with Crippen molar-refractivity contribution in [1.29, 1.82) is 0 Å². The molecule has 0 saturated carbocycles. The Kier molecular flexibility index (Phi) is 19.0. The van der Waals surface area contributed by atoms with E-state index in [1.165, 1.54) is 12.1 Å². The van der Waals surface area contributed by atoms with E-state index < -0.39 is 0 Å². The number of hydrogen-bond donors (Lipinski definition) is 1. The van der Waals surface area contributed by atoms with Crippen LogP contribution in [0.5, 0.6) is 0 Å². The number of aromatic nitrogens is 2. The maximum absolute atomic E-state index is 14.2. The molecule has 6 heterocycles. The number of piperazine rings is 2. The number of nitrogens with zero attached hydrogens (tertiary/aromatic N) is 9. The number of Topliss-reactive ketones (excluding diaryl/α,β-unsaturated/α-hetero) is 1. The SMILES string of the molecule is O=C1CCN(Cc2ccc(Cl)cc2F)CC1.[C-]#[N+]c1cnc(N2CCN(C3CCN(Cc4ccc(Cl)cc4F)CC3)[C@@H](CC)C2)c(Cl)c1.[C-]#[N+]c1cnc(N2CCN[C@@H](CC)C2)c(Cl)c1. The van der Waals surface area contributed by atoms with Crippen LogP contribution in [0.4, 0.5) is 31.8 Å². The lowest BCUT2D eigenvalue weighted by atomic mass is 9.97. The average molecular weight is 969 g/mol. The summed E-state index contributed by atoms with van der Waals surface area (Å²) in [4.78, 5) is 38.0. The van der Waals surface area contributed by atoms with Gasteiger partial charge in [0.15, 0.2) is 0 Å². The Morgan fingerprint density at radius 2 is 1.22 bits per heavy atom. The molecular formula is C48H56Cl4F2N10O. The zero-order chi connectivity index (χ0) is 46.5. The molecule has 2 aromatic carbocycles. The Hall–Kier alpha value is -4.15. The average Bonchev–Trinajstić information content (AvgIpc) is 3.32. The van der Waals surface area contributed by atoms with E-state index in [4.69, 9.17) is 59.5 Å². The van der Waals surface area contributed by atoms with Gasteiger partial charge in [0.25, 0.3) is 0 Å². The third-order valence-corrected chi connectivity index (χ3v) is 13.5. The molecule has 4 saturated heterocycles. The van der Waals surface area contributed by atoms with Gasteiger partial charge in [-0.3, -0.25) is 19.5 Å². The first kappa shape index (κ1) is 50.3. The van der Waals surface area contributed by atoms with Crippen molar-refractivity contribution < 1.29 is 13.6 Å². The molecule has 4 aliphatic rings. The largest absolute Gasteiger partial charge is 0.353 e. The van der Waals surface area contributed by atoms with Crippen molar-refractivity contribution in [2.45, 2.75) is 83.6 Å². The van der Waals surface area contributed by atoms with E-state index in [1.54, 1.807) is 48.8 Å². The van der Waals surface area contributed by atoms with Crippen molar-refractivity contribution in [2.75, 3.05) is 75.2 Å². The van der Waals surface area contributed by atoms with Gasteiger partial charge in [-0.05, 0) is 75.2 Å². The molecule has 17 heteroatoms. The third-order valence-electron chi connectivity index (χ3n) is 12.5. The van der Waals surface area contributed by atoms with Crippen LogP contribution in [0.25, 0.3) is 9.69 Å². The van der Waals surface area contributed by atoms with Gasteiger partial charge in [-0.25, -0.2) is 28.4 Å². The highest BCUT2D eigenvalue weighted by Crippen LogP contribution is 2.32. The van der Waals surface area contributed by atoms with Gasteiger partial charge in [0, 0.05) is 130 Å². The van der Waals surface area contributed by atoms with Gasteiger partial charge in [0.2, 0.25) is 11.4 Å². The van der Waals surface area contributed by atoms with Crippen molar-refractivity contribution in [3.05, 3.63) is 127 Å². The van der Waals surface area contributed by atoms with Crippen LogP contribution in [-0.4, -0.2) is 114 Å². The molecule has 2 aromatic heterocycles. The Labute approximate surface area is 402 Å². The minimum atomic E-state index is -0.274. The van der Waals surface area contributed by atoms with Crippen LogP contribution in [0.2, 0.25) is 20.1 Å².